The van der Waals surface area contributed by atoms with Gasteiger partial charge in [0.05, 0.1) is 0 Å². The van der Waals surface area contributed by atoms with Gasteiger partial charge in [-0.05, 0) is 73.2 Å². The fourth-order valence-corrected chi connectivity index (χ4v) is 5.65. The van der Waals surface area contributed by atoms with E-state index in [9.17, 15) is 0 Å². The number of rotatable bonds is 1. The molecule has 0 aromatic heterocycles. The Balaban J connectivity index is 1.72. The molecule has 3 aliphatic rings. The summed E-state index contributed by atoms with van der Waals surface area (Å²) < 4.78 is 0. The molecule has 0 bridgehead atoms. The van der Waals surface area contributed by atoms with E-state index in [1.165, 1.54) is 48.2 Å². The summed E-state index contributed by atoms with van der Waals surface area (Å²) >= 11 is 13.0. The Morgan fingerprint density at radius 3 is 2.76 bits per heavy atom. The lowest BCUT2D eigenvalue weighted by molar-refractivity contribution is 0.401. The molecule has 1 fully saturated rings. The number of benzene rings is 2. The van der Waals surface area contributed by atoms with E-state index in [1.807, 2.05) is 18.2 Å². The number of nitrogens with zero attached hydrogens (tertiary/aromatic N) is 1. The Labute approximate surface area is 159 Å². The summed E-state index contributed by atoms with van der Waals surface area (Å²) in [6.07, 6.45) is 4.94. The Morgan fingerprint density at radius 1 is 1.08 bits per heavy atom. The van der Waals surface area contributed by atoms with Crippen molar-refractivity contribution in [1.29, 1.82) is 0 Å². The van der Waals surface area contributed by atoms with Crippen LogP contribution in [0.4, 0.5) is 5.69 Å². The van der Waals surface area contributed by atoms with Crippen LogP contribution in [-0.4, -0.2) is 25.7 Å². The zero-order valence-electron chi connectivity index (χ0n) is 14.2. The SMILES string of the molecule is Clc1cccc(Cl)c1-c1cc2c3c(c1)[C@H]1CNCC[C@H]1N3CCCC2. The molecule has 130 valence electrons. The second-order valence-electron chi connectivity index (χ2n) is 7.49. The topological polar surface area (TPSA) is 15.3 Å². The van der Waals surface area contributed by atoms with Crippen molar-refractivity contribution in [2.75, 3.05) is 24.5 Å². The van der Waals surface area contributed by atoms with Crippen LogP contribution in [0.3, 0.4) is 0 Å². The quantitative estimate of drug-likeness (QED) is 0.733. The van der Waals surface area contributed by atoms with Crippen molar-refractivity contribution < 1.29 is 0 Å². The minimum Gasteiger partial charge on any atom is -0.367 e. The molecule has 2 nitrogen and oxygen atoms in total. The van der Waals surface area contributed by atoms with Crippen molar-refractivity contribution >= 4 is 28.9 Å². The van der Waals surface area contributed by atoms with E-state index < -0.39 is 0 Å². The smallest absolute Gasteiger partial charge is 0.0499 e. The first-order valence-electron chi connectivity index (χ1n) is 9.32. The third kappa shape index (κ3) is 2.50. The van der Waals surface area contributed by atoms with Crippen LogP contribution in [0, 0.1) is 0 Å². The fraction of sp³-hybridized carbons (Fsp3) is 0.429. The van der Waals surface area contributed by atoms with Gasteiger partial charge in [0.1, 0.15) is 0 Å². The Kier molecular flexibility index (Phi) is 3.96. The molecule has 25 heavy (non-hydrogen) atoms. The first-order valence-corrected chi connectivity index (χ1v) is 10.1. The summed E-state index contributed by atoms with van der Waals surface area (Å²) in [5, 5.41) is 5.08. The van der Waals surface area contributed by atoms with Crippen molar-refractivity contribution in [1.82, 2.24) is 5.32 Å². The van der Waals surface area contributed by atoms with Gasteiger partial charge in [-0.1, -0.05) is 29.3 Å². The van der Waals surface area contributed by atoms with Crippen molar-refractivity contribution in [2.45, 2.75) is 37.6 Å². The number of nitrogens with one attached hydrogen (secondary N) is 1. The highest BCUT2D eigenvalue weighted by Crippen LogP contribution is 2.49. The van der Waals surface area contributed by atoms with Gasteiger partial charge in [-0.15, -0.1) is 0 Å². The molecular weight excluding hydrogens is 351 g/mol. The van der Waals surface area contributed by atoms with Crippen LogP contribution in [0.25, 0.3) is 11.1 Å². The highest BCUT2D eigenvalue weighted by atomic mass is 35.5. The Hall–Kier alpha value is -1.22. The molecule has 0 spiro atoms. The highest BCUT2D eigenvalue weighted by Gasteiger charge is 2.41. The molecule has 0 aliphatic carbocycles. The molecule has 3 heterocycles. The van der Waals surface area contributed by atoms with Crippen LogP contribution in [0.2, 0.25) is 10.0 Å². The minimum absolute atomic E-state index is 0.585. The summed E-state index contributed by atoms with van der Waals surface area (Å²) in [4.78, 5) is 2.71. The molecule has 3 aliphatic heterocycles. The highest BCUT2D eigenvalue weighted by molar-refractivity contribution is 6.39. The number of halogens is 2. The standard InChI is InChI=1S/C21H22Cl2N2/c22-17-5-3-6-18(23)20(17)14-10-13-4-1-2-9-25-19-7-8-24-12-16(19)15(11-14)21(13)25/h3,5-6,10-11,16,19,24H,1-2,4,7-9,12H2/t16-,19-/m1/s1. The lowest BCUT2D eigenvalue weighted by Gasteiger charge is -2.33. The van der Waals surface area contributed by atoms with Gasteiger partial charge in [-0.3, -0.25) is 0 Å². The summed E-state index contributed by atoms with van der Waals surface area (Å²) in [6.45, 7) is 3.41. The van der Waals surface area contributed by atoms with Gasteiger partial charge in [0.25, 0.3) is 0 Å². The minimum atomic E-state index is 0.585. The molecule has 2 aromatic rings. The van der Waals surface area contributed by atoms with E-state index in [-0.39, 0.29) is 0 Å². The number of hydrogen-bond acceptors (Lipinski definition) is 2. The molecule has 1 N–H and O–H groups in total. The van der Waals surface area contributed by atoms with E-state index in [0.29, 0.717) is 12.0 Å². The fourth-order valence-electron chi connectivity index (χ4n) is 5.04. The second kappa shape index (κ2) is 6.19. The summed E-state index contributed by atoms with van der Waals surface area (Å²) in [7, 11) is 0. The lowest BCUT2D eigenvalue weighted by Crippen LogP contribution is -2.44. The van der Waals surface area contributed by atoms with E-state index >= 15 is 0 Å². The molecular formula is C21H22Cl2N2. The summed E-state index contributed by atoms with van der Waals surface area (Å²) in [5.74, 6) is 0.585. The maximum absolute atomic E-state index is 6.52. The predicted octanol–water partition coefficient (Wildman–Crippen LogP) is 5.26. The average molecular weight is 373 g/mol. The van der Waals surface area contributed by atoms with Crippen molar-refractivity contribution in [2.24, 2.45) is 0 Å². The normalized spacial score (nSPS) is 24.6. The molecule has 5 rings (SSSR count). The lowest BCUT2D eigenvalue weighted by atomic mass is 9.87. The molecule has 0 amide bonds. The zero-order valence-corrected chi connectivity index (χ0v) is 15.7. The maximum atomic E-state index is 6.52. The van der Waals surface area contributed by atoms with Gasteiger partial charge in [0, 0.05) is 46.3 Å². The van der Waals surface area contributed by atoms with Crippen LogP contribution in [0.1, 0.15) is 36.3 Å². The number of piperidine rings is 1. The van der Waals surface area contributed by atoms with Crippen LogP contribution < -0.4 is 10.2 Å². The molecule has 0 saturated carbocycles. The molecule has 0 unspecified atom stereocenters. The monoisotopic (exact) mass is 372 g/mol. The van der Waals surface area contributed by atoms with Gasteiger partial charge in [-0.2, -0.15) is 0 Å². The Bertz CT molecular complexity index is 813. The molecule has 0 radical (unpaired) electrons. The first-order chi connectivity index (χ1) is 12.2. The zero-order chi connectivity index (χ0) is 17.0. The van der Waals surface area contributed by atoms with Crippen molar-refractivity contribution in [3.63, 3.8) is 0 Å². The van der Waals surface area contributed by atoms with Gasteiger partial charge in [0.2, 0.25) is 0 Å². The number of aryl methyl sites for hydroxylation is 1. The van der Waals surface area contributed by atoms with Crippen LogP contribution in [0.5, 0.6) is 0 Å². The Morgan fingerprint density at radius 2 is 1.92 bits per heavy atom. The van der Waals surface area contributed by atoms with Gasteiger partial charge < -0.3 is 10.2 Å². The summed E-state index contributed by atoms with van der Waals surface area (Å²) in [6, 6.07) is 11.1. The number of anilines is 1. The molecule has 2 atom stereocenters. The van der Waals surface area contributed by atoms with E-state index in [4.69, 9.17) is 23.2 Å². The maximum Gasteiger partial charge on any atom is 0.0499 e. The van der Waals surface area contributed by atoms with Crippen LogP contribution in [-0.2, 0) is 6.42 Å². The molecule has 1 saturated heterocycles. The van der Waals surface area contributed by atoms with Gasteiger partial charge in [0.15, 0.2) is 0 Å². The second-order valence-corrected chi connectivity index (χ2v) is 8.30. The average Bonchev–Trinajstić information content (AvgIpc) is 2.77. The van der Waals surface area contributed by atoms with E-state index in [2.05, 4.69) is 22.3 Å². The van der Waals surface area contributed by atoms with E-state index in [1.54, 1.807) is 0 Å². The number of hydrogen-bond donors (Lipinski definition) is 1. The van der Waals surface area contributed by atoms with E-state index in [0.717, 1.165) is 35.1 Å². The van der Waals surface area contributed by atoms with Gasteiger partial charge in [-0.25, -0.2) is 0 Å². The van der Waals surface area contributed by atoms with Crippen LogP contribution >= 0.6 is 23.2 Å². The molecule has 2 aromatic carbocycles. The predicted molar refractivity (Wildman–Crippen MR) is 106 cm³/mol. The largest absolute Gasteiger partial charge is 0.367 e. The van der Waals surface area contributed by atoms with Crippen LogP contribution in [0.15, 0.2) is 30.3 Å². The third-order valence-electron chi connectivity index (χ3n) is 6.10. The molecule has 4 heteroatoms. The first kappa shape index (κ1) is 16.0. The summed E-state index contributed by atoms with van der Waals surface area (Å²) in [5.41, 5.74) is 6.66. The third-order valence-corrected chi connectivity index (χ3v) is 6.73. The van der Waals surface area contributed by atoms with Crippen molar-refractivity contribution in [3.8, 4) is 11.1 Å². The number of fused-ring (bicyclic) bond motifs is 3. The van der Waals surface area contributed by atoms with Crippen molar-refractivity contribution in [3.05, 3.63) is 51.5 Å². The van der Waals surface area contributed by atoms with Gasteiger partial charge >= 0.3 is 0 Å².